The van der Waals surface area contributed by atoms with Crippen molar-refractivity contribution in [3.05, 3.63) is 85.1 Å². The minimum absolute atomic E-state index is 0.0782. The van der Waals surface area contributed by atoms with E-state index in [2.05, 4.69) is 106 Å². The van der Waals surface area contributed by atoms with Crippen molar-refractivity contribution >= 4 is 17.9 Å². The fourth-order valence-electron chi connectivity index (χ4n) is 9.23. The lowest BCUT2D eigenvalue weighted by Gasteiger charge is -2.18. The minimum atomic E-state index is -0.780. The van der Waals surface area contributed by atoms with E-state index >= 15 is 0 Å². The third-order valence-electron chi connectivity index (χ3n) is 14.1. The van der Waals surface area contributed by atoms with Gasteiger partial charge in [0.2, 0.25) is 0 Å². The summed E-state index contributed by atoms with van der Waals surface area (Å²) >= 11 is 0. The van der Waals surface area contributed by atoms with E-state index < -0.39 is 6.10 Å². The van der Waals surface area contributed by atoms with Crippen LogP contribution in [0.15, 0.2) is 85.1 Å². The summed E-state index contributed by atoms with van der Waals surface area (Å²) in [5.74, 6) is -0.882. The Morgan fingerprint density at radius 1 is 0.276 bits per heavy atom. The van der Waals surface area contributed by atoms with Crippen LogP contribution in [0.1, 0.15) is 323 Å². The van der Waals surface area contributed by atoms with E-state index in [1.54, 1.807) is 0 Å². The zero-order valence-electron chi connectivity index (χ0n) is 50.3. The topological polar surface area (TPSA) is 78.9 Å². The molecule has 0 saturated heterocycles. The molecule has 0 aromatic carbocycles. The molecule has 0 bridgehead atoms. The molecule has 0 N–H and O–H groups in total. The van der Waals surface area contributed by atoms with Crippen molar-refractivity contribution in [3.63, 3.8) is 0 Å². The Morgan fingerprint density at radius 3 is 0.868 bits per heavy atom. The van der Waals surface area contributed by atoms with Gasteiger partial charge in [-0.15, -0.1) is 0 Å². The maximum atomic E-state index is 12.9. The Labute approximate surface area is 471 Å². The average molecular weight is 1060 g/mol. The number of hydrogen-bond acceptors (Lipinski definition) is 6. The second kappa shape index (κ2) is 64.1. The van der Waals surface area contributed by atoms with E-state index in [0.717, 1.165) is 103 Å². The molecule has 0 aliphatic rings. The van der Waals surface area contributed by atoms with Gasteiger partial charge >= 0.3 is 17.9 Å². The molecule has 1 atom stereocenters. The molecule has 76 heavy (non-hydrogen) atoms. The molecule has 0 aromatic heterocycles. The normalized spacial score (nSPS) is 12.6. The number of carbonyl (C=O) groups excluding carboxylic acids is 3. The fraction of sp³-hybridized carbons (Fsp3) is 0.757. The number of carbonyl (C=O) groups is 3. The van der Waals surface area contributed by atoms with Gasteiger partial charge in [-0.1, -0.05) is 279 Å². The first kappa shape index (κ1) is 72.6. The summed E-state index contributed by atoms with van der Waals surface area (Å²) < 4.78 is 16.9. The third-order valence-corrected chi connectivity index (χ3v) is 14.1. The highest BCUT2D eigenvalue weighted by molar-refractivity contribution is 5.71. The summed E-state index contributed by atoms with van der Waals surface area (Å²) in [4.78, 5) is 38.2. The number of ether oxygens (including phenoxy) is 3. The monoisotopic (exact) mass is 1060 g/mol. The van der Waals surface area contributed by atoms with Gasteiger partial charge in [0, 0.05) is 19.3 Å². The Kier molecular flexibility index (Phi) is 61.2. The van der Waals surface area contributed by atoms with Crippen LogP contribution in [0.4, 0.5) is 0 Å². The summed E-state index contributed by atoms with van der Waals surface area (Å²) in [6.45, 7) is 6.48. The molecule has 0 fully saturated rings. The summed E-state index contributed by atoms with van der Waals surface area (Å²) in [6, 6.07) is 0. The van der Waals surface area contributed by atoms with Crippen LogP contribution in [-0.4, -0.2) is 37.2 Å². The van der Waals surface area contributed by atoms with E-state index in [0.29, 0.717) is 19.3 Å². The smallest absolute Gasteiger partial charge is 0.306 e. The summed E-state index contributed by atoms with van der Waals surface area (Å²) in [5, 5.41) is 0. The van der Waals surface area contributed by atoms with Gasteiger partial charge in [0.05, 0.1) is 0 Å². The lowest BCUT2D eigenvalue weighted by atomic mass is 10.0. The first-order valence-corrected chi connectivity index (χ1v) is 32.6. The molecule has 0 aromatic rings. The Bertz CT molecular complexity index is 1450. The number of esters is 3. The standard InChI is InChI=1S/C70H122O6/c1-4-7-10-13-16-19-22-24-26-28-29-30-31-32-33-34-35-36-37-38-39-40-41-43-44-46-48-51-54-57-60-63-69(72)75-66-67(65-74-68(71)62-59-56-53-50-21-18-15-12-9-6-3)76-70(73)64-61-58-55-52-49-47-45-42-27-25-23-20-17-14-11-8-5-2/h7,10,12,15-16,19,24-27,29-30,32-33,67H,4-6,8-9,11,13-14,17-18,20-23,28,31,34-66H2,1-3H3/b10-7-,15-12-,19-16-,26-24-,27-25-,30-29-,33-32-. The van der Waals surface area contributed by atoms with Crippen molar-refractivity contribution < 1.29 is 28.6 Å². The quantitative estimate of drug-likeness (QED) is 0.0261. The van der Waals surface area contributed by atoms with Crippen molar-refractivity contribution in [2.75, 3.05) is 13.2 Å². The highest BCUT2D eigenvalue weighted by Crippen LogP contribution is 2.17. The SMILES string of the molecule is CC/C=C\C/C=C\C/C=C\C/C=C\C/C=C\CCCCCCCCCCCCCCCCCC(=O)OCC(COC(=O)CCCCCCC/C=C\CCC)OC(=O)CCCCCCCCC/C=C\CCCCCCCC. The molecule has 0 heterocycles. The maximum Gasteiger partial charge on any atom is 0.306 e. The lowest BCUT2D eigenvalue weighted by Crippen LogP contribution is -2.30. The van der Waals surface area contributed by atoms with Gasteiger partial charge in [-0.25, -0.2) is 0 Å². The zero-order chi connectivity index (χ0) is 55.0. The number of hydrogen-bond donors (Lipinski definition) is 0. The molecule has 6 nitrogen and oxygen atoms in total. The van der Waals surface area contributed by atoms with Crippen LogP contribution < -0.4 is 0 Å². The van der Waals surface area contributed by atoms with Crippen molar-refractivity contribution in [1.82, 2.24) is 0 Å². The van der Waals surface area contributed by atoms with Gasteiger partial charge in [-0.05, 0) is 109 Å². The second-order valence-electron chi connectivity index (χ2n) is 21.6. The summed E-state index contributed by atoms with van der Waals surface area (Å²) in [6.07, 6.45) is 84.7. The van der Waals surface area contributed by atoms with Gasteiger partial charge in [-0.2, -0.15) is 0 Å². The number of rotatable bonds is 59. The van der Waals surface area contributed by atoms with E-state index in [1.807, 2.05) is 0 Å². The van der Waals surface area contributed by atoms with Gasteiger partial charge in [-0.3, -0.25) is 14.4 Å². The van der Waals surface area contributed by atoms with Gasteiger partial charge in [0.1, 0.15) is 13.2 Å². The van der Waals surface area contributed by atoms with Crippen LogP contribution in [0.3, 0.4) is 0 Å². The molecular formula is C70H122O6. The van der Waals surface area contributed by atoms with Crippen LogP contribution in [0.2, 0.25) is 0 Å². The van der Waals surface area contributed by atoms with Gasteiger partial charge in [0.15, 0.2) is 6.10 Å². The van der Waals surface area contributed by atoms with E-state index in [9.17, 15) is 14.4 Å². The lowest BCUT2D eigenvalue weighted by molar-refractivity contribution is -0.167. The fourth-order valence-corrected chi connectivity index (χ4v) is 9.23. The average Bonchev–Trinajstić information content (AvgIpc) is 3.42. The predicted molar refractivity (Wildman–Crippen MR) is 330 cm³/mol. The third kappa shape index (κ3) is 61.4. The van der Waals surface area contributed by atoms with Crippen LogP contribution in [0.25, 0.3) is 0 Å². The maximum absolute atomic E-state index is 12.9. The van der Waals surface area contributed by atoms with E-state index in [4.69, 9.17) is 14.2 Å². The van der Waals surface area contributed by atoms with Crippen LogP contribution in [0.5, 0.6) is 0 Å². The van der Waals surface area contributed by atoms with Crippen molar-refractivity contribution in [1.29, 1.82) is 0 Å². The Balaban J connectivity index is 4.15. The van der Waals surface area contributed by atoms with Gasteiger partial charge < -0.3 is 14.2 Å². The molecule has 0 aliphatic heterocycles. The van der Waals surface area contributed by atoms with Crippen molar-refractivity contribution in [2.45, 2.75) is 329 Å². The molecule has 1 unspecified atom stereocenters. The molecule has 438 valence electrons. The molecule has 0 saturated carbocycles. The summed E-state index contributed by atoms with van der Waals surface area (Å²) in [5.41, 5.74) is 0. The largest absolute Gasteiger partial charge is 0.462 e. The molecular weight excluding hydrogens is 937 g/mol. The predicted octanol–water partition coefficient (Wildman–Crippen LogP) is 22.3. The Morgan fingerprint density at radius 2 is 0.539 bits per heavy atom. The second-order valence-corrected chi connectivity index (χ2v) is 21.6. The first-order valence-electron chi connectivity index (χ1n) is 32.6. The number of allylic oxidation sites excluding steroid dienone is 14. The van der Waals surface area contributed by atoms with Crippen LogP contribution >= 0.6 is 0 Å². The molecule has 0 radical (unpaired) electrons. The molecule has 0 amide bonds. The van der Waals surface area contributed by atoms with Gasteiger partial charge in [0.25, 0.3) is 0 Å². The Hall–Kier alpha value is -3.41. The molecule has 0 rings (SSSR count). The zero-order valence-corrected chi connectivity index (χ0v) is 50.3. The highest BCUT2D eigenvalue weighted by atomic mass is 16.6. The number of unbranched alkanes of at least 4 members (excludes halogenated alkanes) is 34. The highest BCUT2D eigenvalue weighted by Gasteiger charge is 2.19. The molecule has 0 spiro atoms. The first-order chi connectivity index (χ1) is 37.5. The van der Waals surface area contributed by atoms with E-state index in [1.165, 1.54) is 180 Å². The summed E-state index contributed by atoms with van der Waals surface area (Å²) in [7, 11) is 0. The van der Waals surface area contributed by atoms with E-state index in [-0.39, 0.29) is 31.1 Å². The molecule has 0 aliphatic carbocycles. The molecule has 6 heteroatoms. The van der Waals surface area contributed by atoms with Crippen molar-refractivity contribution in [2.24, 2.45) is 0 Å². The van der Waals surface area contributed by atoms with Crippen LogP contribution in [0, 0.1) is 0 Å². The minimum Gasteiger partial charge on any atom is -0.462 e. The van der Waals surface area contributed by atoms with Crippen molar-refractivity contribution in [3.8, 4) is 0 Å². The van der Waals surface area contributed by atoms with Crippen LogP contribution in [-0.2, 0) is 28.6 Å².